The smallest absolute Gasteiger partial charge is 0.335 e. The molecule has 0 atom stereocenters. The van der Waals surface area contributed by atoms with Crippen LogP contribution in [0.4, 0.5) is 10.5 Å². The molecule has 2 aliphatic rings. The minimum absolute atomic E-state index is 0.0754. The highest BCUT2D eigenvalue weighted by atomic mass is 16.7. The molecule has 8 heteroatoms. The van der Waals surface area contributed by atoms with Crippen LogP contribution in [-0.4, -0.2) is 29.2 Å². The second-order valence-corrected chi connectivity index (χ2v) is 8.33. The van der Waals surface area contributed by atoms with Crippen molar-refractivity contribution < 1.29 is 23.9 Å². The van der Waals surface area contributed by atoms with Gasteiger partial charge in [-0.2, -0.15) is 0 Å². The molecule has 2 aliphatic heterocycles. The maximum absolute atomic E-state index is 13.1. The van der Waals surface area contributed by atoms with Crippen LogP contribution >= 0.6 is 0 Å². The number of anilines is 1. The molecular weight excluding hydrogens is 386 g/mol. The van der Waals surface area contributed by atoms with E-state index in [1.165, 1.54) is 6.08 Å². The van der Waals surface area contributed by atoms with Crippen molar-refractivity contribution in [2.24, 2.45) is 0 Å². The fraction of sp³-hybridized carbons (Fsp3) is 0.318. The summed E-state index contributed by atoms with van der Waals surface area (Å²) in [5.74, 6) is -0.444. The Morgan fingerprint density at radius 1 is 1.03 bits per heavy atom. The molecule has 0 bridgehead atoms. The van der Waals surface area contributed by atoms with Gasteiger partial charge in [0.05, 0.1) is 5.69 Å². The van der Waals surface area contributed by atoms with Crippen LogP contribution in [0.1, 0.15) is 37.7 Å². The third-order valence-corrected chi connectivity index (χ3v) is 5.16. The zero-order valence-electron chi connectivity index (χ0n) is 17.5. The summed E-state index contributed by atoms with van der Waals surface area (Å²) >= 11 is 0. The molecule has 1 N–H and O–H groups in total. The SMILES string of the molecule is Cc1cc(/C=C2\C(=O)NC(=O)N(c3ccc4c(c3)OCO4)C2=O)c(C)n1C(C)(C)C. The molecule has 3 heterocycles. The first-order valence-corrected chi connectivity index (χ1v) is 9.58. The van der Waals surface area contributed by atoms with E-state index in [0.29, 0.717) is 17.2 Å². The summed E-state index contributed by atoms with van der Waals surface area (Å²) in [7, 11) is 0. The predicted molar refractivity (Wildman–Crippen MR) is 110 cm³/mol. The van der Waals surface area contributed by atoms with Gasteiger partial charge in [-0.1, -0.05) is 0 Å². The minimum atomic E-state index is -0.804. The Labute approximate surface area is 174 Å². The number of carbonyl (C=O) groups is 3. The number of nitrogens with zero attached hydrogens (tertiary/aromatic N) is 2. The highest BCUT2D eigenvalue weighted by Gasteiger charge is 2.37. The standard InChI is InChI=1S/C22H23N3O5/c1-12-8-14(13(2)25(12)22(3,4)5)9-16-19(26)23-21(28)24(20(16)27)15-6-7-17-18(10-15)30-11-29-17/h6-10H,11H2,1-5H3,(H,23,26,28)/b16-9+. The van der Waals surface area contributed by atoms with Gasteiger partial charge in [0, 0.05) is 23.0 Å². The summed E-state index contributed by atoms with van der Waals surface area (Å²) in [6.45, 7) is 10.3. The number of ether oxygens (including phenoxy) is 2. The maximum atomic E-state index is 13.1. The lowest BCUT2D eigenvalue weighted by atomic mass is 10.1. The van der Waals surface area contributed by atoms with Gasteiger partial charge in [-0.25, -0.2) is 9.69 Å². The molecule has 156 valence electrons. The van der Waals surface area contributed by atoms with Crippen LogP contribution in [0.25, 0.3) is 6.08 Å². The molecule has 1 saturated heterocycles. The highest BCUT2D eigenvalue weighted by molar-refractivity contribution is 6.39. The fourth-order valence-electron chi connectivity index (χ4n) is 4.04. The normalized spacial score (nSPS) is 17.7. The van der Waals surface area contributed by atoms with E-state index in [4.69, 9.17) is 9.47 Å². The number of benzene rings is 1. The molecule has 8 nitrogen and oxygen atoms in total. The summed E-state index contributed by atoms with van der Waals surface area (Å²) in [6.07, 6.45) is 1.54. The van der Waals surface area contributed by atoms with Crippen molar-refractivity contribution in [3.63, 3.8) is 0 Å². The van der Waals surface area contributed by atoms with Crippen molar-refractivity contribution in [3.8, 4) is 11.5 Å². The average Bonchev–Trinajstić information content (AvgIpc) is 3.21. The highest BCUT2D eigenvalue weighted by Crippen LogP contribution is 2.36. The second kappa shape index (κ2) is 6.76. The van der Waals surface area contributed by atoms with Crippen LogP contribution in [0.3, 0.4) is 0 Å². The molecule has 0 aliphatic carbocycles. The molecule has 4 amide bonds. The van der Waals surface area contributed by atoms with Gasteiger partial charge < -0.3 is 14.0 Å². The lowest BCUT2D eigenvalue weighted by Crippen LogP contribution is -2.54. The first kappa shape index (κ1) is 19.8. The van der Waals surface area contributed by atoms with Crippen LogP contribution in [0.2, 0.25) is 0 Å². The Morgan fingerprint density at radius 2 is 1.73 bits per heavy atom. The maximum Gasteiger partial charge on any atom is 0.335 e. The van der Waals surface area contributed by atoms with E-state index in [9.17, 15) is 14.4 Å². The topological polar surface area (TPSA) is 89.9 Å². The molecule has 1 fully saturated rings. The van der Waals surface area contributed by atoms with E-state index < -0.39 is 17.8 Å². The van der Waals surface area contributed by atoms with Crippen LogP contribution in [0, 0.1) is 13.8 Å². The molecule has 1 aromatic carbocycles. The van der Waals surface area contributed by atoms with Crippen molar-refractivity contribution in [2.75, 3.05) is 11.7 Å². The van der Waals surface area contributed by atoms with Crippen molar-refractivity contribution in [3.05, 3.63) is 46.8 Å². The van der Waals surface area contributed by atoms with Crippen molar-refractivity contribution in [1.82, 2.24) is 9.88 Å². The van der Waals surface area contributed by atoms with Crippen molar-refractivity contribution >= 4 is 29.6 Å². The number of hydrogen-bond donors (Lipinski definition) is 1. The van der Waals surface area contributed by atoms with Gasteiger partial charge in [-0.05, 0) is 64.5 Å². The zero-order valence-corrected chi connectivity index (χ0v) is 17.5. The number of fused-ring (bicyclic) bond motifs is 1. The number of barbiturate groups is 1. The number of rotatable bonds is 2. The van der Waals surface area contributed by atoms with Crippen molar-refractivity contribution in [2.45, 2.75) is 40.2 Å². The molecular formula is C22H23N3O5. The molecule has 0 radical (unpaired) electrons. The third-order valence-electron chi connectivity index (χ3n) is 5.16. The Morgan fingerprint density at radius 3 is 2.40 bits per heavy atom. The molecule has 0 spiro atoms. The van der Waals surface area contributed by atoms with Crippen LogP contribution in [-0.2, 0) is 15.1 Å². The predicted octanol–water partition coefficient (Wildman–Crippen LogP) is 3.26. The minimum Gasteiger partial charge on any atom is -0.454 e. The van der Waals surface area contributed by atoms with E-state index in [1.807, 2.05) is 19.9 Å². The first-order valence-electron chi connectivity index (χ1n) is 9.58. The molecule has 4 rings (SSSR count). The van der Waals surface area contributed by atoms with Crippen molar-refractivity contribution in [1.29, 1.82) is 0 Å². The first-order chi connectivity index (χ1) is 14.1. The summed E-state index contributed by atoms with van der Waals surface area (Å²) in [5, 5.41) is 2.25. The monoisotopic (exact) mass is 409 g/mol. The lowest BCUT2D eigenvalue weighted by Gasteiger charge is -2.27. The number of amides is 4. The molecule has 2 aromatic rings. The Bertz CT molecular complexity index is 1120. The molecule has 0 unspecified atom stereocenters. The van der Waals surface area contributed by atoms with E-state index in [2.05, 4.69) is 30.7 Å². The van der Waals surface area contributed by atoms with Crippen LogP contribution in [0.5, 0.6) is 11.5 Å². The second-order valence-electron chi connectivity index (χ2n) is 8.33. The van der Waals surface area contributed by atoms with E-state index in [-0.39, 0.29) is 17.9 Å². The number of nitrogens with one attached hydrogen (secondary N) is 1. The quantitative estimate of drug-likeness (QED) is 0.607. The third kappa shape index (κ3) is 3.14. The van der Waals surface area contributed by atoms with Gasteiger partial charge in [0.25, 0.3) is 11.8 Å². The van der Waals surface area contributed by atoms with E-state index in [1.54, 1.807) is 18.2 Å². The van der Waals surface area contributed by atoms with Gasteiger partial charge >= 0.3 is 6.03 Å². The summed E-state index contributed by atoms with van der Waals surface area (Å²) < 4.78 is 12.7. The van der Waals surface area contributed by atoms with Gasteiger partial charge in [0.15, 0.2) is 11.5 Å². The van der Waals surface area contributed by atoms with E-state index >= 15 is 0 Å². The van der Waals surface area contributed by atoms with Gasteiger partial charge in [-0.3, -0.25) is 14.9 Å². The summed E-state index contributed by atoms with van der Waals surface area (Å²) in [4.78, 5) is 39.0. The Balaban J connectivity index is 1.75. The Hall–Kier alpha value is -3.55. The average molecular weight is 409 g/mol. The van der Waals surface area contributed by atoms with Crippen LogP contribution in [0.15, 0.2) is 29.8 Å². The van der Waals surface area contributed by atoms with E-state index in [0.717, 1.165) is 21.9 Å². The molecule has 30 heavy (non-hydrogen) atoms. The zero-order chi connectivity index (χ0) is 21.8. The van der Waals surface area contributed by atoms with Crippen LogP contribution < -0.4 is 19.7 Å². The van der Waals surface area contributed by atoms with Gasteiger partial charge in [0.2, 0.25) is 6.79 Å². The number of imide groups is 2. The number of aryl methyl sites for hydroxylation is 1. The molecule has 1 aromatic heterocycles. The number of aromatic nitrogens is 1. The van der Waals surface area contributed by atoms with Gasteiger partial charge in [-0.15, -0.1) is 0 Å². The number of hydrogen-bond acceptors (Lipinski definition) is 5. The molecule has 0 saturated carbocycles. The summed E-state index contributed by atoms with van der Waals surface area (Å²) in [5.41, 5.74) is 2.72. The number of carbonyl (C=O) groups excluding carboxylic acids is 3. The number of urea groups is 1. The Kier molecular flexibility index (Phi) is 4.45. The van der Waals surface area contributed by atoms with Gasteiger partial charge in [0.1, 0.15) is 5.57 Å². The largest absolute Gasteiger partial charge is 0.454 e. The fourth-order valence-corrected chi connectivity index (χ4v) is 4.04. The lowest BCUT2D eigenvalue weighted by molar-refractivity contribution is -0.122. The summed E-state index contributed by atoms with van der Waals surface area (Å²) in [6, 6.07) is 5.86.